The number of fused-ring (bicyclic) bond motifs is 2. The highest BCUT2D eigenvalue weighted by atomic mass is 35.5. The van der Waals surface area contributed by atoms with Gasteiger partial charge in [0.2, 0.25) is 11.8 Å². The number of amides is 2. The Morgan fingerprint density at radius 2 is 1.09 bits per heavy atom. The summed E-state index contributed by atoms with van der Waals surface area (Å²) >= 11 is 16.3. The molecule has 4 aliphatic heterocycles. The molecule has 2 saturated heterocycles. The van der Waals surface area contributed by atoms with Crippen molar-refractivity contribution in [2.45, 2.75) is 87.1 Å². The molecule has 4 aromatic carbocycles. The molecule has 0 bridgehead atoms. The van der Waals surface area contributed by atoms with Crippen LogP contribution in [0.2, 0.25) is 10.0 Å². The van der Waals surface area contributed by atoms with Gasteiger partial charge in [-0.2, -0.15) is 9.78 Å². The molecule has 4 heterocycles. The lowest BCUT2D eigenvalue weighted by Gasteiger charge is -2.33. The summed E-state index contributed by atoms with van der Waals surface area (Å²) in [6, 6.07) is 17.9. The van der Waals surface area contributed by atoms with E-state index in [1.165, 1.54) is 23.9 Å². The quantitative estimate of drug-likeness (QED) is 0.0765. The number of halogens is 2. The van der Waals surface area contributed by atoms with Gasteiger partial charge in [-0.15, -0.1) is 0 Å². The number of benzene rings is 4. The van der Waals surface area contributed by atoms with Gasteiger partial charge in [-0.1, -0.05) is 59.2 Å². The second-order valence-corrected chi connectivity index (χ2v) is 17.8. The molecule has 0 spiro atoms. The molecule has 0 aliphatic carbocycles. The highest BCUT2D eigenvalue weighted by Crippen LogP contribution is 2.47. The Hall–Kier alpha value is -5.31. The zero-order chi connectivity index (χ0) is 45.5. The van der Waals surface area contributed by atoms with Crippen LogP contribution in [-0.4, -0.2) is 85.2 Å². The number of carbonyl (C=O) groups excluding carboxylic acids is 4. The molecule has 2 unspecified atom stereocenters. The first-order valence-electron chi connectivity index (χ1n) is 22.1. The third-order valence-corrected chi connectivity index (χ3v) is 14.0. The predicted molar refractivity (Wildman–Crippen MR) is 249 cm³/mol. The maximum Gasteiger partial charge on any atom is 0.328 e. The number of hydrogen-bond donors (Lipinski definition) is 0. The normalized spacial score (nSPS) is 18.4. The molecule has 4 aliphatic rings. The van der Waals surface area contributed by atoms with Gasteiger partial charge in [-0.3, -0.25) is 9.59 Å². The summed E-state index contributed by atoms with van der Waals surface area (Å²) < 4.78 is 10.6. The van der Waals surface area contributed by atoms with E-state index in [4.69, 9.17) is 52.2 Å². The maximum atomic E-state index is 13.7. The molecule has 0 radical (unpaired) electrons. The van der Waals surface area contributed by atoms with Gasteiger partial charge in [0.15, 0.2) is 11.5 Å². The minimum Gasteiger partial charge on any atom is -0.464 e. The van der Waals surface area contributed by atoms with Crippen LogP contribution in [0.15, 0.2) is 82.6 Å². The van der Waals surface area contributed by atoms with Crippen LogP contribution in [-0.2, 0) is 51.3 Å². The van der Waals surface area contributed by atoms with Gasteiger partial charge in [0.1, 0.15) is 12.1 Å². The Balaban J connectivity index is 1.16. The first kappa shape index (κ1) is 46.2. The van der Waals surface area contributed by atoms with E-state index in [1.807, 2.05) is 60.7 Å². The molecule has 15 heteroatoms. The van der Waals surface area contributed by atoms with Gasteiger partial charge in [0.25, 0.3) is 0 Å². The van der Waals surface area contributed by atoms with Crippen LogP contribution in [0.1, 0.15) is 74.6 Å². The molecule has 2 atom stereocenters. The molecule has 12 nitrogen and oxygen atoms in total. The largest absolute Gasteiger partial charge is 0.464 e. The smallest absolute Gasteiger partial charge is 0.328 e. The van der Waals surface area contributed by atoms with Crippen molar-refractivity contribution in [2.75, 3.05) is 39.5 Å². The number of piperidine rings is 2. The molecule has 340 valence electrons. The van der Waals surface area contributed by atoms with Gasteiger partial charge in [-0.05, 0) is 123 Å². The lowest BCUT2D eigenvalue weighted by atomic mass is 9.96. The summed E-state index contributed by atoms with van der Waals surface area (Å²) in [6.07, 6.45) is 12.1. The Morgan fingerprint density at radius 3 is 1.52 bits per heavy atom. The summed E-state index contributed by atoms with van der Waals surface area (Å²) in [7, 11) is 0. The van der Waals surface area contributed by atoms with E-state index in [-0.39, 0.29) is 25.0 Å². The van der Waals surface area contributed by atoms with Gasteiger partial charge < -0.3 is 29.0 Å². The predicted octanol–water partition coefficient (Wildman–Crippen LogP) is 10.1. The van der Waals surface area contributed by atoms with Crippen LogP contribution in [0.4, 0.5) is 0 Å². The number of rotatable bonds is 12. The monoisotopic (exact) mass is 940 g/mol. The van der Waals surface area contributed by atoms with Crippen molar-refractivity contribution in [2.24, 2.45) is 0 Å². The fraction of sp³-hybridized carbons (Fsp3) is 0.360. The van der Waals surface area contributed by atoms with Crippen molar-refractivity contribution in [3.63, 3.8) is 0 Å². The summed E-state index contributed by atoms with van der Waals surface area (Å²) in [5.41, 5.74) is 6.31. The van der Waals surface area contributed by atoms with E-state index in [1.54, 1.807) is 35.8 Å². The Labute approximate surface area is 392 Å². The Morgan fingerprint density at radius 1 is 0.646 bits per heavy atom. The van der Waals surface area contributed by atoms with Crippen molar-refractivity contribution in [3.05, 3.63) is 105 Å². The molecule has 8 rings (SSSR count). The summed E-state index contributed by atoms with van der Waals surface area (Å²) in [5, 5.41) is 0.881. The first-order valence-corrected chi connectivity index (χ1v) is 23.7. The van der Waals surface area contributed by atoms with Crippen molar-refractivity contribution >= 4 is 70.9 Å². The number of esters is 2. The molecule has 2 fully saturated rings. The number of nitrogens with zero attached hydrogens (tertiary/aromatic N) is 2. The Bertz CT molecular complexity index is 2360. The summed E-state index contributed by atoms with van der Waals surface area (Å²) in [6.45, 7) is 5.71. The van der Waals surface area contributed by atoms with E-state index in [2.05, 4.69) is 0 Å². The second-order valence-electron chi connectivity index (χ2n) is 16.0. The highest BCUT2D eigenvalue weighted by molar-refractivity contribution is 7.99. The second kappa shape index (κ2) is 21.3. The average Bonchev–Trinajstić information content (AvgIpc) is 3.33. The highest BCUT2D eigenvalue weighted by Gasteiger charge is 2.34. The van der Waals surface area contributed by atoms with Crippen LogP contribution in [0.3, 0.4) is 0 Å². The molecule has 4 aromatic rings. The molecular formula is C50H50Cl2N2O10S. The zero-order valence-electron chi connectivity index (χ0n) is 36.3. The lowest BCUT2D eigenvalue weighted by Crippen LogP contribution is -2.48. The van der Waals surface area contributed by atoms with Gasteiger partial charge in [0.05, 0.1) is 36.5 Å². The van der Waals surface area contributed by atoms with Crippen LogP contribution in [0, 0.1) is 0 Å². The molecule has 2 amide bonds. The number of carbonyl (C=O) groups is 4. The van der Waals surface area contributed by atoms with Crippen molar-refractivity contribution in [1.29, 1.82) is 0 Å². The maximum absolute atomic E-state index is 13.7. The lowest BCUT2D eigenvalue weighted by molar-refractivity contribution is -0.215. The van der Waals surface area contributed by atoms with Crippen LogP contribution < -0.4 is 9.78 Å². The zero-order valence-corrected chi connectivity index (χ0v) is 38.6. The minimum absolute atomic E-state index is 0.240. The Kier molecular flexibility index (Phi) is 15.2. The molecular weight excluding hydrogens is 892 g/mol. The first-order chi connectivity index (χ1) is 31.6. The number of ether oxygens (including phenoxy) is 2. The van der Waals surface area contributed by atoms with E-state index in [0.717, 1.165) is 47.9 Å². The SMILES string of the molecule is CCOC(=O)C1CCCCN1C(=O)C=Cc1ccc(Sc2ccc(C=CC(=O)N3CCCCC3C(=O)OCC)c(-c3ccc4c(c3)CCOO4)c2Cl)c(Cl)c1-c1ccc2c(c1)CCOO2. The third-order valence-electron chi connectivity index (χ3n) is 11.9. The van der Waals surface area contributed by atoms with Crippen LogP contribution in [0.5, 0.6) is 11.5 Å². The van der Waals surface area contributed by atoms with Crippen molar-refractivity contribution < 1.29 is 48.2 Å². The standard InChI is InChI=1S/C50H50Cl2N2O10S/c1-3-59-49(57)37-9-5-7-25-53(37)43(55)21-15-31-13-19-41(47(51)45(31)35-11-17-39-33(29-35)23-27-61-63-39)65-42-20-14-32(16-22-44(56)54-26-8-6-10-38(54)50(58)60-4-2)46(48(42)52)36-12-18-40-34(30-36)24-28-62-64-40/h11-22,29-30,37-38H,3-10,23-28H2,1-2H3. The molecule has 65 heavy (non-hydrogen) atoms. The molecule has 0 N–H and O–H groups in total. The van der Waals surface area contributed by atoms with E-state index >= 15 is 0 Å². The summed E-state index contributed by atoms with van der Waals surface area (Å²) in [4.78, 5) is 79.0. The van der Waals surface area contributed by atoms with Crippen molar-refractivity contribution in [3.8, 4) is 33.8 Å². The van der Waals surface area contributed by atoms with Gasteiger partial charge in [0, 0.05) is 70.1 Å². The molecule has 0 aromatic heterocycles. The van der Waals surface area contributed by atoms with E-state index in [9.17, 15) is 19.2 Å². The number of likely N-dealkylation sites (tertiary alicyclic amines) is 2. The number of hydrogen-bond acceptors (Lipinski definition) is 11. The van der Waals surface area contributed by atoms with E-state index < -0.39 is 24.0 Å². The van der Waals surface area contributed by atoms with Crippen molar-refractivity contribution in [1.82, 2.24) is 9.80 Å². The topological polar surface area (TPSA) is 130 Å². The third kappa shape index (κ3) is 10.4. The average molecular weight is 942 g/mol. The van der Waals surface area contributed by atoms with E-state index in [0.29, 0.717) is 106 Å². The minimum atomic E-state index is -0.635. The van der Waals surface area contributed by atoms with Gasteiger partial charge >= 0.3 is 11.9 Å². The van der Waals surface area contributed by atoms with Gasteiger partial charge in [-0.25, -0.2) is 9.59 Å². The summed E-state index contributed by atoms with van der Waals surface area (Å²) in [5.74, 6) is -0.118. The van der Waals surface area contributed by atoms with Crippen LogP contribution >= 0.6 is 35.0 Å². The fourth-order valence-corrected chi connectivity index (χ4v) is 10.4. The van der Waals surface area contributed by atoms with Crippen LogP contribution in [0.25, 0.3) is 34.4 Å². The fourth-order valence-electron chi connectivity index (χ4n) is 8.69. The molecule has 0 saturated carbocycles.